The third-order valence-electron chi connectivity index (χ3n) is 5.77. The average Bonchev–Trinajstić information content (AvgIpc) is 3.25. The quantitative estimate of drug-likeness (QED) is 0.852. The van der Waals surface area contributed by atoms with Crippen molar-refractivity contribution >= 4 is 5.91 Å². The number of piperidine rings is 1. The molecule has 3 heterocycles. The molecule has 5 heteroatoms. The zero-order valence-corrected chi connectivity index (χ0v) is 15.5. The molecule has 0 radical (unpaired) electrons. The Hall–Kier alpha value is -2.04. The molecule has 5 nitrogen and oxygen atoms in total. The summed E-state index contributed by atoms with van der Waals surface area (Å²) in [5, 5.41) is 0. The standard InChI is InChI=1S/C20H28N4O/c1-4-19-21-9-11-23(19)17-6-5-10-22(13-17)20(25)18-12-14(2)24(15(18)3)16-7-8-16/h9,11-12,16-17H,4-8,10,13H2,1-3H3/t17-/m0/s1. The van der Waals surface area contributed by atoms with Crippen molar-refractivity contribution in [2.45, 2.75) is 65.0 Å². The number of aryl methyl sites for hydroxylation is 2. The second-order valence-corrected chi connectivity index (χ2v) is 7.54. The number of hydrogen-bond donors (Lipinski definition) is 0. The summed E-state index contributed by atoms with van der Waals surface area (Å²) in [5.41, 5.74) is 3.26. The van der Waals surface area contributed by atoms with Gasteiger partial charge in [-0.3, -0.25) is 4.79 Å². The number of carbonyl (C=O) groups is 1. The summed E-state index contributed by atoms with van der Waals surface area (Å²) in [5.74, 6) is 1.31. The lowest BCUT2D eigenvalue weighted by Crippen LogP contribution is -2.41. The maximum atomic E-state index is 13.2. The minimum atomic E-state index is 0.197. The molecule has 1 atom stereocenters. The number of carbonyl (C=O) groups excluding carboxylic acids is 1. The summed E-state index contributed by atoms with van der Waals surface area (Å²) >= 11 is 0. The van der Waals surface area contributed by atoms with Gasteiger partial charge in [0.15, 0.2) is 0 Å². The first-order valence-electron chi connectivity index (χ1n) is 9.59. The van der Waals surface area contributed by atoms with E-state index in [9.17, 15) is 4.79 Å². The first-order valence-corrected chi connectivity index (χ1v) is 9.59. The molecular weight excluding hydrogens is 312 g/mol. The first-order chi connectivity index (χ1) is 12.1. The van der Waals surface area contributed by atoms with E-state index >= 15 is 0 Å². The number of likely N-dealkylation sites (tertiary alicyclic amines) is 1. The van der Waals surface area contributed by atoms with Gasteiger partial charge in [0, 0.05) is 49.3 Å². The third-order valence-corrected chi connectivity index (χ3v) is 5.77. The topological polar surface area (TPSA) is 43.1 Å². The second-order valence-electron chi connectivity index (χ2n) is 7.54. The van der Waals surface area contributed by atoms with Crippen LogP contribution in [0, 0.1) is 13.8 Å². The Kier molecular flexibility index (Phi) is 4.18. The van der Waals surface area contributed by atoms with Crippen LogP contribution in [0.4, 0.5) is 0 Å². The van der Waals surface area contributed by atoms with Crippen LogP contribution in [0.5, 0.6) is 0 Å². The van der Waals surface area contributed by atoms with Gasteiger partial charge in [-0.15, -0.1) is 0 Å². The van der Waals surface area contributed by atoms with E-state index in [1.807, 2.05) is 11.1 Å². The van der Waals surface area contributed by atoms with Crippen LogP contribution in [-0.4, -0.2) is 38.0 Å². The van der Waals surface area contributed by atoms with Crippen molar-refractivity contribution in [1.29, 1.82) is 0 Å². The first kappa shape index (κ1) is 16.4. The van der Waals surface area contributed by atoms with E-state index in [1.54, 1.807) is 0 Å². The summed E-state index contributed by atoms with van der Waals surface area (Å²) in [6.07, 6.45) is 9.54. The second kappa shape index (κ2) is 6.36. The number of nitrogens with zero attached hydrogens (tertiary/aromatic N) is 4. The Labute approximate surface area is 149 Å². The van der Waals surface area contributed by atoms with Crippen LogP contribution < -0.4 is 0 Å². The number of imidazole rings is 1. The lowest BCUT2D eigenvalue weighted by Gasteiger charge is -2.34. The van der Waals surface area contributed by atoms with Crippen molar-refractivity contribution in [3.8, 4) is 0 Å². The third kappa shape index (κ3) is 2.90. The fourth-order valence-electron chi connectivity index (χ4n) is 4.38. The smallest absolute Gasteiger partial charge is 0.255 e. The molecule has 1 aliphatic carbocycles. The highest BCUT2D eigenvalue weighted by atomic mass is 16.2. The Morgan fingerprint density at radius 2 is 2.04 bits per heavy atom. The lowest BCUT2D eigenvalue weighted by molar-refractivity contribution is 0.0677. The van der Waals surface area contributed by atoms with E-state index in [-0.39, 0.29) is 5.91 Å². The Bertz CT molecular complexity index is 784. The van der Waals surface area contributed by atoms with Gasteiger partial charge in [-0.1, -0.05) is 6.92 Å². The Morgan fingerprint density at radius 3 is 2.76 bits per heavy atom. The van der Waals surface area contributed by atoms with Crippen molar-refractivity contribution in [2.75, 3.05) is 13.1 Å². The van der Waals surface area contributed by atoms with Crippen LogP contribution >= 0.6 is 0 Å². The van der Waals surface area contributed by atoms with Crippen LogP contribution in [0.3, 0.4) is 0 Å². The van der Waals surface area contributed by atoms with Gasteiger partial charge < -0.3 is 14.0 Å². The number of aromatic nitrogens is 3. The number of hydrogen-bond acceptors (Lipinski definition) is 2. The summed E-state index contributed by atoms with van der Waals surface area (Å²) in [6.45, 7) is 8.01. The van der Waals surface area contributed by atoms with E-state index in [4.69, 9.17) is 0 Å². The minimum absolute atomic E-state index is 0.197. The van der Waals surface area contributed by atoms with E-state index < -0.39 is 0 Å². The maximum Gasteiger partial charge on any atom is 0.255 e. The van der Waals surface area contributed by atoms with Crippen LogP contribution in [0.25, 0.3) is 0 Å². The molecule has 1 saturated carbocycles. The van der Waals surface area contributed by atoms with Gasteiger partial charge in [0.05, 0.1) is 11.6 Å². The van der Waals surface area contributed by atoms with Gasteiger partial charge in [-0.25, -0.2) is 4.98 Å². The molecule has 2 fully saturated rings. The summed E-state index contributed by atoms with van der Waals surface area (Å²) < 4.78 is 4.63. The van der Waals surface area contributed by atoms with Crippen LogP contribution in [0.1, 0.15) is 72.3 Å². The van der Waals surface area contributed by atoms with Crippen molar-refractivity contribution in [3.05, 3.63) is 41.2 Å². The summed E-state index contributed by atoms with van der Waals surface area (Å²) in [4.78, 5) is 19.7. The predicted molar refractivity (Wildman–Crippen MR) is 98.0 cm³/mol. The molecule has 0 unspecified atom stereocenters. The van der Waals surface area contributed by atoms with Crippen LogP contribution in [0.2, 0.25) is 0 Å². The monoisotopic (exact) mass is 340 g/mol. The molecule has 4 rings (SSSR count). The van der Waals surface area contributed by atoms with Crippen LogP contribution in [0.15, 0.2) is 18.5 Å². The lowest BCUT2D eigenvalue weighted by atomic mass is 10.0. The largest absolute Gasteiger partial charge is 0.345 e. The van der Waals surface area contributed by atoms with Gasteiger partial charge in [-0.2, -0.15) is 0 Å². The van der Waals surface area contributed by atoms with E-state index in [1.165, 1.54) is 18.5 Å². The molecule has 25 heavy (non-hydrogen) atoms. The van der Waals surface area contributed by atoms with Gasteiger partial charge >= 0.3 is 0 Å². The molecule has 2 aliphatic rings. The van der Waals surface area contributed by atoms with Gasteiger partial charge in [0.25, 0.3) is 5.91 Å². The highest BCUT2D eigenvalue weighted by molar-refractivity contribution is 5.95. The van der Waals surface area contributed by atoms with E-state index in [2.05, 4.69) is 47.2 Å². The van der Waals surface area contributed by atoms with Crippen molar-refractivity contribution in [3.63, 3.8) is 0 Å². The molecule has 1 aliphatic heterocycles. The molecule has 0 aromatic carbocycles. The van der Waals surface area contributed by atoms with Gasteiger partial charge in [0.2, 0.25) is 0 Å². The molecule has 1 saturated heterocycles. The van der Waals surface area contributed by atoms with Crippen molar-refractivity contribution < 1.29 is 4.79 Å². The maximum absolute atomic E-state index is 13.2. The number of rotatable bonds is 4. The zero-order chi connectivity index (χ0) is 17.6. The highest BCUT2D eigenvalue weighted by Gasteiger charge is 2.31. The molecule has 0 N–H and O–H groups in total. The average molecular weight is 340 g/mol. The zero-order valence-electron chi connectivity index (χ0n) is 15.5. The van der Waals surface area contributed by atoms with Gasteiger partial charge in [-0.05, 0) is 45.6 Å². The molecule has 2 aromatic rings. The summed E-state index contributed by atoms with van der Waals surface area (Å²) in [7, 11) is 0. The van der Waals surface area contributed by atoms with E-state index in [0.717, 1.165) is 49.4 Å². The Balaban J connectivity index is 1.55. The van der Waals surface area contributed by atoms with Crippen molar-refractivity contribution in [1.82, 2.24) is 19.0 Å². The molecular formula is C20H28N4O. The molecule has 0 bridgehead atoms. The van der Waals surface area contributed by atoms with Gasteiger partial charge in [0.1, 0.15) is 5.82 Å². The van der Waals surface area contributed by atoms with Crippen LogP contribution in [-0.2, 0) is 6.42 Å². The number of amides is 1. The SMILES string of the molecule is CCc1nccn1[C@H]1CCCN(C(=O)c2cc(C)n(C3CC3)c2C)C1. The summed E-state index contributed by atoms with van der Waals surface area (Å²) in [6, 6.07) is 3.06. The fourth-order valence-corrected chi connectivity index (χ4v) is 4.38. The minimum Gasteiger partial charge on any atom is -0.345 e. The molecule has 0 spiro atoms. The molecule has 2 aromatic heterocycles. The highest BCUT2D eigenvalue weighted by Crippen LogP contribution is 2.38. The Morgan fingerprint density at radius 1 is 1.24 bits per heavy atom. The predicted octanol–water partition coefficient (Wildman–Crippen LogP) is 3.68. The molecule has 1 amide bonds. The molecule has 134 valence electrons. The van der Waals surface area contributed by atoms with E-state index in [0.29, 0.717) is 12.1 Å². The normalized spacial score (nSPS) is 20.9. The van der Waals surface area contributed by atoms with Crippen molar-refractivity contribution in [2.24, 2.45) is 0 Å². The fraction of sp³-hybridized carbons (Fsp3) is 0.600.